The van der Waals surface area contributed by atoms with Gasteiger partial charge in [-0.3, -0.25) is 10.4 Å². The molecule has 0 radical (unpaired) electrons. The van der Waals surface area contributed by atoms with E-state index in [2.05, 4.69) is 4.98 Å². The molecule has 0 aliphatic carbocycles. The van der Waals surface area contributed by atoms with Crippen LogP contribution in [0.3, 0.4) is 0 Å². The summed E-state index contributed by atoms with van der Waals surface area (Å²) in [4.78, 5) is 4.71. The second-order valence-corrected chi connectivity index (χ2v) is 4.18. The maximum Gasteiger partial charge on any atom is 0.112 e. The SMILES string of the molecule is N#CC1=C(N)C(=Cc2cccnc2)SC1=N. The minimum absolute atomic E-state index is 0.204. The average molecular weight is 228 g/mol. The molecule has 2 heterocycles. The lowest BCUT2D eigenvalue weighted by molar-refractivity contribution is 1.31. The van der Waals surface area contributed by atoms with Gasteiger partial charge < -0.3 is 5.73 Å². The van der Waals surface area contributed by atoms with E-state index in [9.17, 15) is 0 Å². The van der Waals surface area contributed by atoms with Gasteiger partial charge in [0.1, 0.15) is 16.7 Å². The summed E-state index contributed by atoms with van der Waals surface area (Å²) < 4.78 is 0. The summed E-state index contributed by atoms with van der Waals surface area (Å²) in [5.41, 5.74) is 7.31. The fraction of sp³-hybridized carbons (Fsp3) is 0. The molecule has 1 aromatic rings. The van der Waals surface area contributed by atoms with Crippen molar-refractivity contribution in [1.29, 1.82) is 10.7 Å². The predicted molar refractivity (Wildman–Crippen MR) is 64.4 cm³/mol. The number of hydrogen-bond donors (Lipinski definition) is 2. The van der Waals surface area contributed by atoms with E-state index in [0.29, 0.717) is 5.70 Å². The Morgan fingerprint density at radius 2 is 2.38 bits per heavy atom. The Kier molecular flexibility index (Phi) is 2.75. The van der Waals surface area contributed by atoms with Crippen molar-refractivity contribution in [2.75, 3.05) is 0 Å². The number of aromatic nitrogens is 1. The molecule has 0 spiro atoms. The number of nitrogens with one attached hydrogen (secondary N) is 1. The van der Waals surface area contributed by atoms with Crippen molar-refractivity contribution >= 4 is 22.9 Å². The first-order valence-electron chi connectivity index (χ1n) is 4.51. The van der Waals surface area contributed by atoms with E-state index < -0.39 is 0 Å². The van der Waals surface area contributed by atoms with Crippen molar-refractivity contribution in [2.24, 2.45) is 5.73 Å². The fourth-order valence-electron chi connectivity index (χ4n) is 1.29. The number of rotatable bonds is 1. The van der Waals surface area contributed by atoms with Crippen LogP contribution in [0.2, 0.25) is 0 Å². The van der Waals surface area contributed by atoms with Crippen LogP contribution in [-0.2, 0) is 0 Å². The highest BCUT2D eigenvalue weighted by Gasteiger charge is 2.23. The van der Waals surface area contributed by atoms with Crippen LogP contribution >= 0.6 is 11.8 Å². The van der Waals surface area contributed by atoms with Gasteiger partial charge in [0, 0.05) is 17.3 Å². The molecule has 0 amide bonds. The molecule has 4 nitrogen and oxygen atoms in total. The van der Waals surface area contributed by atoms with Gasteiger partial charge in [-0.05, 0) is 17.7 Å². The second kappa shape index (κ2) is 4.21. The Hall–Kier alpha value is -2.06. The third-order valence-corrected chi connectivity index (χ3v) is 3.03. The van der Waals surface area contributed by atoms with Crippen molar-refractivity contribution < 1.29 is 0 Å². The summed E-state index contributed by atoms with van der Waals surface area (Å²) in [7, 11) is 0. The number of nitriles is 1. The van der Waals surface area contributed by atoms with Gasteiger partial charge in [-0.1, -0.05) is 17.8 Å². The average Bonchev–Trinajstić information content (AvgIpc) is 2.55. The van der Waals surface area contributed by atoms with Crippen molar-refractivity contribution in [3.8, 4) is 6.07 Å². The summed E-state index contributed by atoms with van der Waals surface area (Å²) in [6, 6.07) is 5.64. The third-order valence-electron chi connectivity index (χ3n) is 2.07. The molecule has 0 atom stereocenters. The first-order valence-corrected chi connectivity index (χ1v) is 5.32. The number of pyridine rings is 1. The summed E-state index contributed by atoms with van der Waals surface area (Å²) in [5, 5.41) is 16.6. The summed E-state index contributed by atoms with van der Waals surface area (Å²) in [6.45, 7) is 0. The monoisotopic (exact) mass is 228 g/mol. The zero-order valence-corrected chi connectivity index (χ0v) is 9.08. The molecule has 3 N–H and O–H groups in total. The number of thioether (sulfide) groups is 1. The van der Waals surface area contributed by atoms with Crippen molar-refractivity contribution in [1.82, 2.24) is 4.98 Å². The van der Waals surface area contributed by atoms with Crippen LogP contribution in [0.1, 0.15) is 5.56 Å². The normalized spacial score (nSPS) is 17.9. The molecule has 0 fully saturated rings. The molecule has 1 aliphatic heterocycles. The van der Waals surface area contributed by atoms with E-state index >= 15 is 0 Å². The maximum absolute atomic E-state index is 8.81. The number of hydrogen-bond acceptors (Lipinski definition) is 5. The number of nitrogens with zero attached hydrogens (tertiary/aromatic N) is 2. The van der Waals surface area contributed by atoms with Crippen LogP contribution in [0.4, 0.5) is 0 Å². The quantitative estimate of drug-likeness (QED) is 0.768. The van der Waals surface area contributed by atoms with Gasteiger partial charge in [0.25, 0.3) is 0 Å². The maximum atomic E-state index is 8.81. The van der Waals surface area contributed by atoms with Crippen molar-refractivity contribution in [2.45, 2.75) is 0 Å². The van der Waals surface area contributed by atoms with Gasteiger partial charge in [-0.2, -0.15) is 5.26 Å². The molecule has 78 valence electrons. The molecular formula is C11H8N4S. The third kappa shape index (κ3) is 1.83. The van der Waals surface area contributed by atoms with Crippen LogP contribution in [-0.4, -0.2) is 10.0 Å². The van der Waals surface area contributed by atoms with Crippen molar-refractivity contribution in [3.05, 3.63) is 46.3 Å². The van der Waals surface area contributed by atoms with E-state index in [1.807, 2.05) is 24.3 Å². The van der Waals surface area contributed by atoms with E-state index in [1.54, 1.807) is 12.4 Å². The highest BCUT2D eigenvalue weighted by atomic mass is 32.2. The minimum Gasteiger partial charge on any atom is -0.397 e. The lowest BCUT2D eigenvalue weighted by Crippen LogP contribution is -1.98. The van der Waals surface area contributed by atoms with Gasteiger partial charge >= 0.3 is 0 Å². The van der Waals surface area contributed by atoms with Crippen LogP contribution in [0, 0.1) is 16.7 Å². The van der Waals surface area contributed by atoms with E-state index in [0.717, 1.165) is 10.5 Å². The van der Waals surface area contributed by atoms with Crippen LogP contribution in [0.15, 0.2) is 40.7 Å². The zero-order valence-electron chi connectivity index (χ0n) is 8.27. The largest absolute Gasteiger partial charge is 0.397 e. The lowest BCUT2D eigenvalue weighted by atomic mass is 10.2. The Labute approximate surface area is 97.0 Å². The zero-order chi connectivity index (χ0) is 11.5. The smallest absolute Gasteiger partial charge is 0.112 e. The van der Waals surface area contributed by atoms with Crippen molar-refractivity contribution in [3.63, 3.8) is 0 Å². The molecule has 0 saturated carbocycles. The molecule has 0 unspecified atom stereocenters. The summed E-state index contributed by atoms with van der Waals surface area (Å²) in [6.07, 6.45) is 5.21. The molecule has 0 bridgehead atoms. The predicted octanol–water partition coefficient (Wildman–Crippen LogP) is 1.88. The van der Waals surface area contributed by atoms with Gasteiger partial charge in [0.15, 0.2) is 0 Å². The minimum atomic E-state index is 0.204. The van der Waals surface area contributed by atoms with Crippen LogP contribution < -0.4 is 5.73 Å². The number of nitrogens with two attached hydrogens (primary N) is 1. The van der Waals surface area contributed by atoms with Gasteiger partial charge in [0.2, 0.25) is 0 Å². The van der Waals surface area contributed by atoms with E-state index in [1.165, 1.54) is 11.8 Å². The second-order valence-electron chi connectivity index (χ2n) is 3.13. The highest BCUT2D eigenvalue weighted by Crippen LogP contribution is 2.35. The Balaban J connectivity index is 2.40. The lowest BCUT2D eigenvalue weighted by Gasteiger charge is -1.97. The first-order chi connectivity index (χ1) is 7.72. The van der Waals surface area contributed by atoms with Gasteiger partial charge in [-0.15, -0.1) is 0 Å². The molecule has 5 heteroatoms. The van der Waals surface area contributed by atoms with Gasteiger partial charge in [0.05, 0.1) is 5.70 Å². The molecule has 1 aromatic heterocycles. The molecule has 1 aliphatic rings. The Morgan fingerprint density at radius 3 is 2.94 bits per heavy atom. The van der Waals surface area contributed by atoms with Crippen LogP contribution in [0.25, 0.3) is 6.08 Å². The van der Waals surface area contributed by atoms with E-state index in [-0.39, 0.29) is 10.6 Å². The Morgan fingerprint density at radius 1 is 1.56 bits per heavy atom. The fourth-order valence-corrected chi connectivity index (χ4v) is 2.18. The topological polar surface area (TPSA) is 86.6 Å². The van der Waals surface area contributed by atoms with Gasteiger partial charge in [-0.25, -0.2) is 0 Å². The van der Waals surface area contributed by atoms with E-state index in [4.69, 9.17) is 16.4 Å². The molecule has 2 rings (SSSR count). The summed E-state index contributed by atoms with van der Waals surface area (Å²) in [5.74, 6) is 0. The molecule has 0 aromatic carbocycles. The van der Waals surface area contributed by atoms with Crippen LogP contribution in [0.5, 0.6) is 0 Å². The molecule has 0 saturated heterocycles. The summed E-state index contributed by atoms with van der Waals surface area (Å²) >= 11 is 1.20. The molecular weight excluding hydrogens is 220 g/mol. The standard InChI is InChI=1S/C11H8N4S/c12-5-8-10(13)9(16-11(8)14)4-7-2-1-3-15-6-7/h1-4,6,14H,13H2. The highest BCUT2D eigenvalue weighted by molar-refractivity contribution is 8.18. The Bertz CT molecular complexity index is 537. The first kappa shape index (κ1) is 10.5. The molecule has 16 heavy (non-hydrogen) atoms.